The van der Waals surface area contributed by atoms with Crippen LogP contribution in [0.25, 0.3) is 22.3 Å². The molecule has 0 amide bonds. The largest absolute Gasteiger partial charge is 0.497 e. The molecule has 0 atom stereocenters. The third kappa shape index (κ3) is 4.85. The van der Waals surface area contributed by atoms with Crippen LogP contribution in [0.15, 0.2) is 60.2 Å². The number of aryl methyl sites for hydroxylation is 1. The number of hydrogen-bond donors (Lipinski definition) is 1. The molecule has 162 valence electrons. The molecule has 2 N–H and O–H groups in total. The Labute approximate surface area is 185 Å². The molecule has 0 aliphatic rings. The van der Waals surface area contributed by atoms with Crippen LogP contribution in [0.1, 0.15) is 25.0 Å². The third-order valence-electron chi connectivity index (χ3n) is 5.42. The number of nitrogens with two attached hydrogens (primary N) is 1. The van der Waals surface area contributed by atoms with Gasteiger partial charge < -0.3 is 19.9 Å². The molecule has 0 saturated carbocycles. The van der Waals surface area contributed by atoms with Gasteiger partial charge in [0, 0.05) is 11.3 Å². The van der Waals surface area contributed by atoms with E-state index in [9.17, 15) is 0 Å². The second-order valence-corrected chi connectivity index (χ2v) is 7.84. The molecule has 0 aliphatic carbocycles. The molecule has 3 aromatic rings. The van der Waals surface area contributed by atoms with E-state index in [-0.39, 0.29) is 0 Å². The minimum absolute atomic E-state index is 0.509. The number of allylic oxidation sites excluding steroid dienone is 1. The molecule has 4 heteroatoms. The van der Waals surface area contributed by atoms with Crippen molar-refractivity contribution in [3.05, 3.63) is 71.3 Å². The van der Waals surface area contributed by atoms with Crippen LogP contribution in [0, 0.1) is 13.8 Å². The number of methoxy groups -OCH3 is 2. The normalized spacial score (nSPS) is 10.5. The quantitative estimate of drug-likeness (QED) is 0.348. The van der Waals surface area contributed by atoms with Gasteiger partial charge in [0.15, 0.2) is 11.5 Å². The summed E-state index contributed by atoms with van der Waals surface area (Å²) in [5.74, 6) is 2.24. The highest BCUT2D eigenvalue weighted by Crippen LogP contribution is 2.41. The number of anilines is 1. The van der Waals surface area contributed by atoms with Crippen LogP contribution < -0.4 is 19.9 Å². The van der Waals surface area contributed by atoms with Gasteiger partial charge in [-0.15, -0.1) is 0 Å². The Morgan fingerprint density at radius 2 is 1.55 bits per heavy atom. The molecule has 0 unspecified atom stereocenters. The lowest BCUT2D eigenvalue weighted by atomic mass is 9.89. The van der Waals surface area contributed by atoms with Gasteiger partial charge in [-0.05, 0) is 85.9 Å². The lowest BCUT2D eigenvalue weighted by Crippen LogP contribution is -2.01. The molecule has 3 aromatic carbocycles. The summed E-state index contributed by atoms with van der Waals surface area (Å²) < 4.78 is 16.7. The highest BCUT2D eigenvalue weighted by Gasteiger charge is 2.16. The van der Waals surface area contributed by atoms with Crippen LogP contribution in [0.3, 0.4) is 0 Å². The number of nitrogen functional groups attached to an aromatic ring is 1. The predicted molar refractivity (Wildman–Crippen MR) is 129 cm³/mol. The molecule has 0 saturated heterocycles. The van der Waals surface area contributed by atoms with Crippen molar-refractivity contribution in [2.24, 2.45) is 0 Å². The van der Waals surface area contributed by atoms with E-state index in [0.717, 1.165) is 44.8 Å². The fraction of sp³-hybridized carbons (Fsp3) is 0.259. The Morgan fingerprint density at radius 1 is 0.871 bits per heavy atom. The summed E-state index contributed by atoms with van der Waals surface area (Å²) >= 11 is 0. The van der Waals surface area contributed by atoms with E-state index in [1.165, 1.54) is 5.57 Å². The number of ether oxygens (including phenoxy) is 3. The lowest BCUT2D eigenvalue weighted by molar-refractivity contribution is 0.326. The molecule has 4 nitrogen and oxygen atoms in total. The zero-order valence-electron chi connectivity index (χ0n) is 19.2. The third-order valence-corrected chi connectivity index (χ3v) is 5.42. The summed E-state index contributed by atoms with van der Waals surface area (Å²) in [6.45, 7) is 8.76. The van der Waals surface area contributed by atoms with Gasteiger partial charge in [0.25, 0.3) is 0 Å². The van der Waals surface area contributed by atoms with Gasteiger partial charge in [-0.2, -0.15) is 0 Å². The fourth-order valence-electron chi connectivity index (χ4n) is 3.64. The van der Waals surface area contributed by atoms with E-state index in [2.05, 4.69) is 32.0 Å². The first-order valence-corrected chi connectivity index (χ1v) is 10.3. The molecule has 0 aliphatic heterocycles. The lowest BCUT2D eigenvalue weighted by Gasteiger charge is -2.18. The van der Waals surface area contributed by atoms with Gasteiger partial charge in [0.2, 0.25) is 0 Å². The van der Waals surface area contributed by atoms with Gasteiger partial charge in [0.1, 0.15) is 12.4 Å². The Hall–Kier alpha value is -3.40. The first kappa shape index (κ1) is 22.3. The maximum absolute atomic E-state index is 6.65. The Balaban J connectivity index is 2.01. The van der Waals surface area contributed by atoms with Crippen molar-refractivity contribution >= 4 is 5.69 Å². The molecule has 0 aromatic heterocycles. The summed E-state index contributed by atoms with van der Waals surface area (Å²) in [4.78, 5) is 0. The maximum atomic E-state index is 6.65. The van der Waals surface area contributed by atoms with Gasteiger partial charge in [-0.1, -0.05) is 29.8 Å². The van der Waals surface area contributed by atoms with Crippen molar-refractivity contribution < 1.29 is 14.2 Å². The SMILES string of the molecule is COc1ccc(-c2cc(C)c(-c3ccc(OCC=C(C)C)c(OC)c3)c(N)c2C)cc1. The van der Waals surface area contributed by atoms with Crippen molar-refractivity contribution in [1.29, 1.82) is 0 Å². The van der Waals surface area contributed by atoms with Gasteiger partial charge >= 0.3 is 0 Å². The Morgan fingerprint density at radius 3 is 2.16 bits per heavy atom. The monoisotopic (exact) mass is 417 g/mol. The van der Waals surface area contributed by atoms with Crippen LogP contribution in [0.2, 0.25) is 0 Å². The fourth-order valence-corrected chi connectivity index (χ4v) is 3.64. The maximum Gasteiger partial charge on any atom is 0.161 e. The average Bonchev–Trinajstić information content (AvgIpc) is 2.77. The second-order valence-electron chi connectivity index (χ2n) is 7.84. The molecule has 0 heterocycles. The van der Waals surface area contributed by atoms with E-state index in [0.29, 0.717) is 18.1 Å². The average molecular weight is 418 g/mol. The van der Waals surface area contributed by atoms with Gasteiger partial charge in [-0.25, -0.2) is 0 Å². The van der Waals surface area contributed by atoms with E-state index in [4.69, 9.17) is 19.9 Å². The second kappa shape index (κ2) is 9.61. The van der Waals surface area contributed by atoms with Crippen molar-refractivity contribution in [3.8, 4) is 39.5 Å². The topological polar surface area (TPSA) is 53.7 Å². The van der Waals surface area contributed by atoms with Gasteiger partial charge in [-0.3, -0.25) is 0 Å². The van der Waals surface area contributed by atoms with E-state index in [1.54, 1.807) is 14.2 Å². The first-order valence-electron chi connectivity index (χ1n) is 10.3. The summed E-state index contributed by atoms with van der Waals surface area (Å²) in [7, 11) is 3.32. The number of rotatable bonds is 7. The smallest absolute Gasteiger partial charge is 0.161 e. The Bertz CT molecular complexity index is 1090. The van der Waals surface area contributed by atoms with Crippen LogP contribution in [0.5, 0.6) is 17.2 Å². The summed E-state index contributed by atoms with van der Waals surface area (Å²) in [5, 5.41) is 0. The highest BCUT2D eigenvalue weighted by molar-refractivity contribution is 5.88. The van der Waals surface area contributed by atoms with Crippen LogP contribution >= 0.6 is 0 Å². The molecule has 0 bridgehead atoms. The van der Waals surface area contributed by atoms with Crippen LogP contribution in [-0.4, -0.2) is 20.8 Å². The van der Waals surface area contributed by atoms with Crippen molar-refractivity contribution in [2.45, 2.75) is 27.7 Å². The van der Waals surface area contributed by atoms with Crippen molar-refractivity contribution in [2.75, 3.05) is 26.6 Å². The van der Waals surface area contributed by atoms with Crippen LogP contribution in [0.4, 0.5) is 5.69 Å². The molecule has 0 radical (unpaired) electrons. The summed E-state index contributed by atoms with van der Waals surface area (Å²) in [6, 6.07) is 16.2. The molecule has 0 spiro atoms. The number of benzene rings is 3. The predicted octanol–water partition coefficient (Wildman–Crippen LogP) is 6.58. The summed E-state index contributed by atoms with van der Waals surface area (Å²) in [6.07, 6.45) is 2.04. The summed E-state index contributed by atoms with van der Waals surface area (Å²) in [5.41, 5.74) is 15.0. The highest BCUT2D eigenvalue weighted by atomic mass is 16.5. The van der Waals surface area contributed by atoms with E-state index >= 15 is 0 Å². The molecular weight excluding hydrogens is 386 g/mol. The minimum atomic E-state index is 0.509. The molecule has 31 heavy (non-hydrogen) atoms. The molecule has 3 rings (SSSR count). The molecular formula is C27H31NO3. The van der Waals surface area contributed by atoms with Crippen molar-refractivity contribution in [3.63, 3.8) is 0 Å². The van der Waals surface area contributed by atoms with E-state index in [1.807, 2.05) is 50.3 Å². The standard InChI is InChI=1S/C27H31NO3/c1-17(2)13-14-31-24-12-9-21(16-25(24)30-6)26-18(3)15-23(19(4)27(26)28)20-7-10-22(29-5)11-8-20/h7-13,15-16H,14,28H2,1-6H3. The van der Waals surface area contributed by atoms with Crippen LogP contribution in [-0.2, 0) is 0 Å². The zero-order valence-corrected chi connectivity index (χ0v) is 19.2. The zero-order chi connectivity index (χ0) is 22.5. The van der Waals surface area contributed by atoms with Crippen molar-refractivity contribution in [1.82, 2.24) is 0 Å². The molecule has 0 fully saturated rings. The number of hydrogen-bond acceptors (Lipinski definition) is 4. The minimum Gasteiger partial charge on any atom is -0.497 e. The first-order chi connectivity index (χ1) is 14.8. The van der Waals surface area contributed by atoms with E-state index < -0.39 is 0 Å². The van der Waals surface area contributed by atoms with Gasteiger partial charge in [0.05, 0.1) is 14.2 Å². The Kier molecular flexibility index (Phi) is 6.91.